The van der Waals surface area contributed by atoms with Gasteiger partial charge in [-0.3, -0.25) is 14.9 Å². The zero-order chi connectivity index (χ0) is 20.6. The summed E-state index contributed by atoms with van der Waals surface area (Å²) in [6, 6.07) is 7.95. The molecule has 0 N–H and O–H groups in total. The minimum absolute atomic E-state index is 0.129. The van der Waals surface area contributed by atoms with Crippen molar-refractivity contribution in [2.45, 2.75) is 32.9 Å². The van der Waals surface area contributed by atoms with Crippen LogP contribution in [0.2, 0.25) is 0 Å². The maximum Gasteiger partial charge on any atom is 0.419 e. The predicted octanol–water partition coefficient (Wildman–Crippen LogP) is 3.68. The second-order valence-corrected chi connectivity index (χ2v) is 7.24. The molecular formula is C19H18FN3O5. The number of aromatic nitrogens is 2. The van der Waals surface area contributed by atoms with Gasteiger partial charge in [0.15, 0.2) is 0 Å². The Morgan fingerprint density at radius 3 is 2.61 bits per heavy atom. The molecule has 9 heteroatoms. The number of benzene rings is 1. The van der Waals surface area contributed by atoms with Crippen LogP contribution in [0.4, 0.5) is 14.9 Å². The van der Waals surface area contributed by atoms with Crippen LogP contribution in [0.5, 0.6) is 0 Å². The van der Waals surface area contributed by atoms with Gasteiger partial charge in [-0.2, -0.15) is 0 Å². The van der Waals surface area contributed by atoms with Gasteiger partial charge in [0.25, 0.3) is 0 Å². The average Bonchev–Trinajstić information content (AvgIpc) is 2.91. The molecule has 0 aliphatic heterocycles. The van der Waals surface area contributed by atoms with Crippen molar-refractivity contribution >= 4 is 22.7 Å². The van der Waals surface area contributed by atoms with Crippen LogP contribution in [-0.4, -0.2) is 25.8 Å². The molecule has 0 unspecified atom stereocenters. The second kappa shape index (κ2) is 6.91. The molecule has 0 fully saturated rings. The lowest BCUT2D eigenvalue weighted by molar-refractivity contribution is -0.386. The van der Waals surface area contributed by atoms with Gasteiger partial charge in [-0.1, -0.05) is 0 Å². The van der Waals surface area contributed by atoms with Gasteiger partial charge in [0.2, 0.25) is 0 Å². The summed E-state index contributed by atoms with van der Waals surface area (Å²) >= 11 is 0. The number of nitro groups is 1. The highest BCUT2D eigenvalue weighted by Crippen LogP contribution is 2.23. The third kappa shape index (κ3) is 3.78. The topological polar surface area (TPSA) is 96.4 Å². The van der Waals surface area contributed by atoms with Crippen LogP contribution >= 0.6 is 0 Å². The molecule has 1 aromatic carbocycles. The smallest absolute Gasteiger partial charge is 0.419 e. The SMILES string of the molecule is CC(C)(C)OC(=O)n1c(Cn2cccc([N+](=O)[O-])c2=O)cc2cc(F)ccc21. The number of carbonyl (C=O) groups excluding carboxylic acids is 1. The number of nitrogens with zero attached hydrogens (tertiary/aromatic N) is 3. The van der Waals surface area contributed by atoms with Crippen molar-refractivity contribution < 1.29 is 18.8 Å². The fraction of sp³-hybridized carbons (Fsp3) is 0.263. The van der Waals surface area contributed by atoms with E-state index in [0.29, 0.717) is 16.6 Å². The monoisotopic (exact) mass is 387 g/mol. The molecule has 2 aromatic heterocycles. The summed E-state index contributed by atoms with van der Waals surface area (Å²) in [5.74, 6) is -0.479. The van der Waals surface area contributed by atoms with Crippen LogP contribution in [0.25, 0.3) is 10.9 Å². The maximum atomic E-state index is 13.6. The van der Waals surface area contributed by atoms with Crippen molar-refractivity contribution in [3.8, 4) is 0 Å². The van der Waals surface area contributed by atoms with Crippen molar-refractivity contribution in [3.05, 3.63) is 74.6 Å². The maximum absolute atomic E-state index is 13.6. The first-order valence-electron chi connectivity index (χ1n) is 8.44. The van der Waals surface area contributed by atoms with Gasteiger partial charge >= 0.3 is 17.3 Å². The summed E-state index contributed by atoms with van der Waals surface area (Å²) in [7, 11) is 0. The van der Waals surface area contributed by atoms with Crippen molar-refractivity contribution in [2.75, 3.05) is 0 Å². The van der Waals surface area contributed by atoms with Crippen LogP contribution in [-0.2, 0) is 11.3 Å². The van der Waals surface area contributed by atoms with Crippen LogP contribution in [0.1, 0.15) is 26.5 Å². The predicted molar refractivity (Wildman–Crippen MR) is 100.0 cm³/mol. The Bertz CT molecular complexity index is 1140. The summed E-state index contributed by atoms with van der Waals surface area (Å²) in [5, 5.41) is 11.5. The Hall–Kier alpha value is -3.49. The first-order valence-corrected chi connectivity index (χ1v) is 8.44. The van der Waals surface area contributed by atoms with Crippen LogP contribution < -0.4 is 5.56 Å². The molecule has 0 amide bonds. The van der Waals surface area contributed by atoms with E-state index in [1.807, 2.05) is 0 Å². The van der Waals surface area contributed by atoms with Gasteiger partial charge < -0.3 is 9.30 Å². The number of hydrogen-bond donors (Lipinski definition) is 0. The fourth-order valence-corrected chi connectivity index (χ4v) is 2.85. The Morgan fingerprint density at radius 2 is 1.96 bits per heavy atom. The third-order valence-corrected chi connectivity index (χ3v) is 3.95. The van der Waals surface area contributed by atoms with Gasteiger partial charge in [0, 0.05) is 17.6 Å². The van der Waals surface area contributed by atoms with Crippen LogP contribution in [0.15, 0.2) is 47.4 Å². The van der Waals surface area contributed by atoms with Gasteiger partial charge in [0.05, 0.1) is 22.7 Å². The Labute approximate surface area is 158 Å². The minimum Gasteiger partial charge on any atom is -0.443 e. The first kappa shape index (κ1) is 19.3. The molecule has 0 bridgehead atoms. The highest BCUT2D eigenvalue weighted by molar-refractivity contribution is 5.91. The lowest BCUT2D eigenvalue weighted by atomic mass is 10.2. The number of carbonyl (C=O) groups is 1. The third-order valence-electron chi connectivity index (χ3n) is 3.95. The van der Waals surface area contributed by atoms with E-state index < -0.39 is 33.7 Å². The summed E-state index contributed by atoms with van der Waals surface area (Å²) < 4.78 is 21.4. The second-order valence-electron chi connectivity index (χ2n) is 7.24. The van der Waals surface area contributed by atoms with Crippen molar-refractivity contribution in [3.63, 3.8) is 0 Å². The van der Waals surface area contributed by atoms with Gasteiger partial charge in [-0.25, -0.2) is 13.8 Å². The first-order chi connectivity index (χ1) is 13.1. The average molecular weight is 387 g/mol. The Kier molecular flexibility index (Phi) is 4.76. The summed E-state index contributed by atoms with van der Waals surface area (Å²) in [6.45, 7) is 5.00. The van der Waals surface area contributed by atoms with Crippen LogP contribution in [0.3, 0.4) is 0 Å². The molecule has 0 aliphatic carbocycles. The summed E-state index contributed by atoms with van der Waals surface area (Å²) in [6.07, 6.45) is 0.690. The zero-order valence-electron chi connectivity index (χ0n) is 15.5. The molecule has 0 saturated carbocycles. The standard InChI is InChI=1S/C19H18FN3O5/c1-19(2,3)28-18(25)22-14(10-12-9-13(20)6-7-15(12)22)11-21-8-4-5-16(17(21)24)23(26)27/h4-10H,11H2,1-3H3. The molecule has 0 radical (unpaired) electrons. The van der Waals surface area contributed by atoms with Crippen molar-refractivity contribution in [1.29, 1.82) is 0 Å². The molecule has 8 nitrogen and oxygen atoms in total. The highest BCUT2D eigenvalue weighted by atomic mass is 19.1. The molecule has 3 rings (SSSR count). The van der Waals surface area contributed by atoms with E-state index in [1.165, 1.54) is 35.0 Å². The summed E-state index contributed by atoms with van der Waals surface area (Å²) in [4.78, 5) is 35.3. The number of rotatable bonds is 3. The lowest BCUT2D eigenvalue weighted by Gasteiger charge is -2.21. The van der Waals surface area contributed by atoms with Gasteiger partial charge in [-0.15, -0.1) is 0 Å². The summed E-state index contributed by atoms with van der Waals surface area (Å²) in [5.41, 5.74) is -1.41. The molecule has 0 spiro atoms. The van der Waals surface area contributed by atoms with E-state index in [4.69, 9.17) is 4.74 Å². The molecule has 146 valence electrons. The molecular weight excluding hydrogens is 369 g/mol. The normalized spacial score (nSPS) is 11.6. The van der Waals surface area contributed by atoms with E-state index in [0.717, 1.165) is 10.6 Å². The van der Waals surface area contributed by atoms with E-state index in [-0.39, 0.29) is 6.54 Å². The number of halogens is 1. The molecule has 0 saturated heterocycles. The highest BCUT2D eigenvalue weighted by Gasteiger charge is 2.23. The number of hydrogen-bond acceptors (Lipinski definition) is 5. The quantitative estimate of drug-likeness (QED) is 0.504. The van der Waals surface area contributed by atoms with E-state index in [1.54, 1.807) is 26.8 Å². The van der Waals surface area contributed by atoms with Crippen molar-refractivity contribution in [1.82, 2.24) is 9.13 Å². The van der Waals surface area contributed by atoms with Gasteiger partial charge in [-0.05, 0) is 51.1 Å². The Balaban J connectivity index is 2.14. The fourth-order valence-electron chi connectivity index (χ4n) is 2.85. The van der Waals surface area contributed by atoms with Crippen molar-refractivity contribution in [2.24, 2.45) is 0 Å². The number of ether oxygens (including phenoxy) is 1. The number of fused-ring (bicyclic) bond motifs is 1. The molecule has 3 aromatic rings. The lowest BCUT2D eigenvalue weighted by Crippen LogP contribution is -2.29. The zero-order valence-corrected chi connectivity index (χ0v) is 15.5. The van der Waals surface area contributed by atoms with E-state index in [2.05, 4.69) is 0 Å². The molecule has 28 heavy (non-hydrogen) atoms. The van der Waals surface area contributed by atoms with E-state index >= 15 is 0 Å². The van der Waals surface area contributed by atoms with E-state index in [9.17, 15) is 24.1 Å². The molecule has 0 aliphatic rings. The molecule has 2 heterocycles. The molecule has 0 atom stereocenters. The van der Waals surface area contributed by atoms with Crippen LogP contribution in [0, 0.1) is 15.9 Å². The van der Waals surface area contributed by atoms with Gasteiger partial charge in [0.1, 0.15) is 11.4 Å². The largest absolute Gasteiger partial charge is 0.443 e. The number of pyridine rings is 1. The minimum atomic E-state index is -0.806. The Morgan fingerprint density at radius 1 is 1.25 bits per heavy atom.